The van der Waals surface area contributed by atoms with Crippen LogP contribution in [-0.2, 0) is 6.54 Å². The van der Waals surface area contributed by atoms with E-state index in [-0.39, 0.29) is 5.91 Å². The maximum atomic E-state index is 12.1. The number of hydrogen-bond acceptors (Lipinski definition) is 3. The maximum Gasteiger partial charge on any atom is 0.276 e. The van der Waals surface area contributed by atoms with Gasteiger partial charge in [-0.05, 0) is 31.2 Å². The number of carbonyl (C=O) groups is 1. The molecule has 2 aromatic heterocycles. The number of nitrogens with one attached hydrogen (secondary N) is 1. The predicted molar refractivity (Wildman–Crippen MR) is 77.6 cm³/mol. The zero-order valence-electron chi connectivity index (χ0n) is 11.1. The third kappa shape index (κ3) is 2.14. The van der Waals surface area contributed by atoms with Crippen LogP contribution in [0.4, 0.5) is 5.95 Å². The first-order valence-electron chi connectivity index (χ1n) is 6.47. The molecular formula is C15H14N4O. The Morgan fingerprint density at radius 3 is 2.75 bits per heavy atom. The molecule has 0 unspecified atom stereocenters. The monoisotopic (exact) mass is 266 g/mol. The summed E-state index contributed by atoms with van der Waals surface area (Å²) in [4.78, 5) is 20.6. The zero-order chi connectivity index (χ0) is 13.9. The molecule has 5 nitrogen and oxygen atoms in total. The second kappa shape index (κ2) is 5.13. The number of para-hydroxylation sites is 2. The summed E-state index contributed by atoms with van der Waals surface area (Å²) in [6, 6.07) is 13.0. The Labute approximate surface area is 116 Å². The Balaban J connectivity index is 1.97. The van der Waals surface area contributed by atoms with Crippen molar-refractivity contribution in [2.75, 3.05) is 5.32 Å². The molecule has 3 aromatic rings. The normalized spacial score (nSPS) is 10.7. The highest BCUT2D eigenvalue weighted by molar-refractivity contribution is 6.02. The second-order valence-corrected chi connectivity index (χ2v) is 4.34. The molecule has 0 aliphatic rings. The summed E-state index contributed by atoms with van der Waals surface area (Å²) < 4.78 is 1.97. The van der Waals surface area contributed by atoms with Crippen LogP contribution in [0.25, 0.3) is 11.0 Å². The number of carbonyl (C=O) groups excluding carboxylic acids is 1. The Hall–Kier alpha value is -2.69. The van der Waals surface area contributed by atoms with Crippen LogP contribution in [0.5, 0.6) is 0 Å². The first-order chi connectivity index (χ1) is 9.79. The van der Waals surface area contributed by atoms with Crippen molar-refractivity contribution in [2.45, 2.75) is 13.5 Å². The summed E-state index contributed by atoms with van der Waals surface area (Å²) in [5.41, 5.74) is 2.25. The minimum atomic E-state index is -0.254. The number of anilines is 1. The number of imidazole rings is 1. The number of aromatic nitrogens is 3. The van der Waals surface area contributed by atoms with Crippen LogP contribution in [0.1, 0.15) is 17.4 Å². The molecule has 1 N–H and O–H groups in total. The van der Waals surface area contributed by atoms with Gasteiger partial charge in [0, 0.05) is 12.7 Å². The Morgan fingerprint density at radius 1 is 1.20 bits per heavy atom. The standard InChI is InChI=1S/C15H14N4O/c1-2-19-13-9-4-3-7-11(13)17-15(19)18-14(20)12-8-5-6-10-16-12/h3-10H,2H2,1H3,(H,17,18,20). The fourth-order valence-corrected chi connectivity index (χ4v) is 2.15. The molecular weight excluding hydrogens is 252 g/mol. The highest BCUT2D eigenvalue weighted by Crippen LogP contribution is 2.19. The number of nitrogens with zero attached hydrogens (tertiary/aromatic N) is 3. The van der Waals surface area contributed by atoms with Gasteiger partial charge in [0.05, 0.1) is 11.0 Å². The van der Waals surface area contributed by atoms with Gasteiger partial charge in [-0.25, -0.2) is 4.98 Å². The van der Waals surface area contributed by atoms with E-state index in [1.165, 1.54) is 0 Å². The number of hydrogen-bond donors (Lipinski definition) is 1. The van der Waals surface area contributed by atoms with E-state index in [0.29, 0.717) is 11.6 Å². The van der Waals surface area contributed by atoms with Crippen molar-refractivity contribution >= 4 is 22.9 Å². The van der Waals surface area contributed by atoms with Crippen molar-refractivity contribution in [1.29, 1.82) is 0 Å². The van der Waals surface area contributed by atoms with Crippen molar-refractivity contribution in [3.63, 3.8) is 0 Å². The van der Waals surface area contributed by atoms with Gasteiger partial charge in [-0.15, -0.1) is 0 Å². The van der Waals surface area contributed by atoms with Crippen molar-refractivity contribution in [3.8, 4) is 0 Å². The number of aryl methyl sites for hydroxylation is 1. The van der Waals surface area contributed by atoms with Gasteiger partial charge in [0.25, 0.3) is 5.91 Å². The highest BCUT2D eigenvalue weighted by Gasteiger charge is 2.13. The third-order valence-electron chi connectivity index (χ3n) is 3.09. The Morgan fingerprint density at radius 2 is 2.00 bits per heavy atom. The molecule has 0 aliphatic heterocycles. The van der Waals surface area contributed by atoms with E-state index in [1.54, 1.807) is 24.4 Å². The fourth-order valence-electron chi connectivity index (χ4n) is 2.15. The van der Waals surface area contributed by atoms with Gasteiger partial charge in [0.1, 0.15) is 5.69 Å². The second-order valence-electron chi connectivity index (χ2n) is 4.34. The van der Waals surface area contributed by atoms with Crippen molar-refractivity contribution < 1.29 is 4.79 Å². The summed E-state index contributed by atoms with van der Waals surface area (Å²) in [5.74, 6) is 0.292. The van der Waals surface area contributed by atoms with Gasteiger partial charge in [0.2, 0.25) is 5.95 Å². The lowest BCUT2D eigenvalue weighted by atomic mass is 10.3. The van der Waals surface area contributed by atoms with E-state index >= 15 is 0 Å². The van der Waals surface area contributed by atoms with Crippen LogP contribution in [0.2, 0.25) is 0 Å². The fraction of sp³-hybridized carbons (Fsp3) is 0.133. The van der Waals surface area contributed by atoms with E-state index in [9.17, 15) is 4.79 Å². The minimum absolute atomic E-state index is 0.254. The lowest BCUT2D eigenvalue weighted by Crippen LogP contribution is -2.16. The topological polar surface area (TPSA) is 59.8 Å². The van der Waals surface area contributed by atoms with E-state index in [0.717, 1.165) is 17.6 Å². The molecule has 1 amide bonds. The van der Waals surface area contributed by atoms with E-state index in [4.69, 9.17) is 0 Å². The van der Waals surface area contributed by atoms with Gasteiger partial charge in [-0.1, -0.05) is 18.2 Å². The zero-order valence-corrected chi connectivity index (χ0v) is 11.1. The van der Waals surface area contributed by atoms with Crippen LogP contribution in [0.3, 0.4) is 0 Å². The highest BCUT2D eigenvalue weighted by atomic mass is 16.2. The molecule has 5 heteroatoms. The van der Waals surface area contributed by atoms with Crippen molar-refractivity contribution in [2.24, 2.45) is 0 Å². The van der Waals surface area contributed by atoms with Crippen LogP contribution >= 0.6 is 0 Å². The number of benzene rings is 1. The van der Waals surface area contributed by atoms with E-state index in [2.05, 4.69) is 15.3 Å². The molecule has 2 heterocycles. The average molecular weight is 266 g/mol. The number of fused-ring (bicyclic) bond motifs is 1. The maximum absolute atomic E-state index is 12.1. The van der Waals surface area contributed by atoms with Crippen LogP contribution < -0.4 is 5.32 Å². The van der Waals surface area contributed by atoms with Crippen LogP contribution in [0.15, 0.2) is 48.7 Å². The van der Waals surface area contributed by atoms with Gasteiger partial charge in [-0.3, -0.25) is 15.1 Å². The van der Waals surface area contributed by atoms with Gasteiger partial charge in [-0.2, -0.15) is 0 Å². The molecule has 1 aromatic carbocycles. The molecule has 0 saturated carbocycles. The predicted octanol–water partition coefficient (Wildman–Crippen LogP) is 2.70. The molecule has 100 valence electrons. The molecule has 0 fully saturated rings. The largest absolute Gasteiger partial charge is 0.310 e. The summed E-state index contributed by atoms with van der Waals surface area (Å²) in [6.07, 6.45) is 1.59. The molecule has 0 aliphatic carbocycles. The quantitative estimate of drug-likeness (QED) is 0.793. The van der Waals surface area contributed by atoms with Crippen molar-refractivity contribution in [3.05, 3.63) is 54.4 Å². The molecule has 0 spiro atoms. The van der Waals surface area contributed by atoms with Gasteiger partial charge < -0.3 is 4.57 Å². The molecule has 20 heavy (non-hydrogen) atoms. The molecule has 3 rings (SSSR count). The third-order valence-corrected chi connectivity index (χ3v) is 3.09. The van der Waals surface area contributed by atoms with Gasteiger partial charge in [0.15, 0.2) is 0 Å². The number of rotatable bonds is 3. The van der Waals surface area contributed by atoms with E-state index in [1.807, 2.05) is 35.8 Å². The summed E-state index contributed by atoms with van der Waals surface area (Å²) in [7, 11) is 0. The molecule has 0 saturated heterocycles. The molecule has 0 bridgehead atoms. The Kier molecular flexibility index (Phi) is 3.16. The first kappa shape index (κ1) is 12.3. The lowest BCUT2D eigenvalue weighted by Gasteiger charge is -2.06. The number of pyridine rings is 1. The molecule has 0 atom stereocenters. The lowest BCUT2D eigenvalue weighted by molar-refractivity contribution is 0.102. The average Bonchev–Trinajstić information content (AvgIpc) is 2.85. The number of amides is 1. The summed E-state index contributed by atoms with van der Waals surface area (Å²) in [5, 5.41) is 2.82. The SMILES string of the molecule is CCn1c(NC(=O)c2ccccn2)nc2ccccc21. The summed E-state index contributed by atoms with van der Waals surface area (Å²) >= 11 is 0. The van der Waals surface area contributed by atoms with E-state index < -0.39 is 0 Å². The minimum Gasteiger partial charge on any atom is -0.310 e. The first-order valence-corrected chi connectivity index (χ1v) is 6.47. The molecule has 0 radical (unpaired) electrons. The smallest absolute Gasteiger partial charge is 0.276 e. The van der Waals surface area contributed by atoms with Gasteiger partial charge >= 0.3 is 0 Å². The summed E-state index contributed by atoms with van der Waals surface area (Å²) in [6.45, 7) is 2.75. The Bertz CT molecular complexity index is 749. The van der Waals surface area contributed by atoms with Crippen LogP contribution in [0, 0.1) is 0 Å². The van der Waals surface area contributed by atoms with Crippen LogP contribution in [-0.4, -0.2) is 20.4 Å². The van der Waals surface area contributed by atoms with Crippen molar-refractivity contribution in [1.82, 2.24) is 14.5 Å².